The smallest absolute Gasteiger partial charge is 0.169 e. The number of aryl methyl sites for hydroxylation is 4. The molecule has 0 atom stereocenters. The molecule has 212 valence electrons. The predicted molar refractivity (Wildman–Crippen MR) is 163 cm³/mol. The molecule has 9 rings (SSSR count). The second-order valence-electron chi connectivity index (χ2n) is 11.3. The summed E-state index contributed by atoms with van der Waals surface area (Å²) in [6, 6.07) is 25.8. The zero-order chi connectivity index (χ0) is 28.0. The Kier molecular flexibility index (Phi) is 8.43. The standard InChI is InChI=1S/C36H39NO4/c38-32-19-14-28-9-8-27-13-18-31(33(39)24-27)36-29(15-10-26-11-16-30(17-12-26)41-35(32)25-28)6-5-7-34(36)40-23-22-37-20-3-1-2-4-21-37/h5-7,11-14,16-19,24-25,38-39H,1-4,8-10,15,20-23H2. The quantitative estimate of drug-likeness (QED) is 0.273. The van der Waals surface area contributed by atoms with Crippen molar-refractivity contribution in [3.63, 3.8) is 0 Å². The number of hydrogen-bond donors (Lipinski definition) is 2. The molecule has 1 saturated heterocycles. The van der Waals surface area contributed by atoms with Crippen molar-refractivity contribution >= 4 is 0 Å². The van der Waals surface area contributed by atoms with Crippen molar-refractivity contribution in [2.75, 3.05) is 26.2 Å². The topological polar surface area (TPSA) is 62.2 Å². The van der Waals surface area contributed by atoms with Crippen molar-refractivity contribution in [3.8, 4) is 39.9 Å². The number of nitrogens with zero attached hydrogens (tertiary/aromatic N) is 1. The van der Waals surface area contributed by atoms with Crippen LogP contribution in [0.25, 0.3) is 11.1 Å². The van der Waals surface area contributed by atoms with Crippen LogP contribution in [0.5, 0.6) is 28.7 Å². The third-order valence-corrected chi connectivity index (χ3v) is 8.37. The summed E-state index contributed by atoms with van der Waals surface area (Å²) in [7, 11) is 0. The first kappa shape index (κ1) is 27.2. The third-order valence-electron chi connectivity index (χ3n) is 8.37. The van der Waals surface area contributed by atoms with Crippen molar-refractivity contribution in [1.29, 1.82) is 0 Å². The van der Waals surface area contributed by atoms with Gasteiger partial charge in [-0.2, -0.15) is 0 Å². The summed E-state index contributed by atoms with van der Waals surface area (Å²) >= 11 is 0. The first-order valence-electron chi connectivity index (χ1n) is 15.0. The van der Waals surface area contributed by atoms with Crippen LogP contribution in [-0.4, -0.2) is 41.4 Å². The van der Waals surface area contributed by atoms with Gasteiger partial charge in [-0.15, -0.1) is 0 Å². The van der Waals surface area contributed by atoms with E-state index in [-0.39, 0.29) is 11.5 Å². The van der Waals surface area contributed by atoms with Crippen molar-refractivity contribution in [2.45, 2.75) is 51.4 Å². The van der Waals surface area contributed by atoms with Crippen molar-refractivity contribution in [2.24, 2.45) is 0 Å². The number of likely N-dealkylation sites (tertiary alicyclic amines) is 1. The molecule has 6 bridgehead atoms. The molecular weight excluding hydrogens is 510 g/mol. The highest BCUT2D eigenvalue weighted by Crippen LogP contribution is 2.40. The maximum atomic E-state index is 11.3. The Morgan fingerprint density at radius 2 is 1.39 bits per heavy atom. The maximum absolute atomic E-state index is 11.3. The van der Waals surface area contributed by atoms with Crippen LogP contribution in [0.1, 0.15) is 47.9 Å². The van der Waals surface area contributed by atoms with E-state index in [0.29, 0.717) is 18.1 Å². The van der Waals surface area contributed by atoms with E-state index in [0.717, 1.165) is 78.9 Å². The van der Waals surface area contributed by atoms with Crippen LogP contribution in [0.2, 0.25) is 0 Å². The molecule has 4 aromatic rings. The first-order valence-corrected chi connectivity index (χ1v) is 15.0. The number of phenolic OH excluding ortho intramolecular Hbond substituents is 2. The molecule has 1 fully saturated rings. The Morgan fingerprint density at radius 3 is 2.17 bits per heavy atom. The Morgan fingerprint density at radius 1 is 0.683 bits per heavy atom. The molecule has 5 nitrogen and oxygen atoms in total. The number of hydrogen-bond acceptors (Lipinski definition) is 5. The fourth-order valence-corrected chi connectivity index (χ4v) is 6.01. The number of phenols is 2. The zero-order valence-electron chi connectivity index (χ0n) is 23.6. The van der Waals surface area contributed by atoms with E-state index in [1.54, 1.807) is 6.07 Å². The molecule has 0 aliphatic carbocycles. The van der Waals surface area contributed by atoms with Gasteiger partial charge < -0.3 is 19.7 Å². The molecule has 0 radical (unpaired) electrons. The van der Waals surface area contributed by atoms with E-state index in [1.165, 1.54) is 31.2 Å². The van der Waals surface area contributed by atoms with Gasteiger partial charge in [0.25, 0.3) is 0 Å². The molecule has 0 unspecified atom stereocenters. The SMILES string of the molecule is Oc1ccc2cc1Oc1ccc(cc1)CCc1cccc(OCCN3CCCCCC3)c1-c1ccc(cc1O)CC2. The molecular formula is C36H39NO4. The van der Waals surface area contributed by atoms with Gasteiger partial charge in [-0.1, -0.05) is 55.3 Å². The van der Waals surface area contributed by atoms with Crippen molar-refractivity contribution in [1.82, 2.24) is 4.90 Å². The number of ether oxygens (including phenoxy) is 2. The maximum Gasteiger partial charge on any atom is 0.169 e. The van der Waals surface area contributed by atoms with Crippen LogP contribution in [0.4, 0.5) is 0 Å². The van der Waals surface area contributed by atoms with Gasteiger partial charge in [0.1, 0.15) is 23.9 Å². The summed E-state index contributed by atoms with van der Waals surface area (Å²) in [4.78, 5) is 2.52. The zero-order valence-corrected chi connectivity index (χ0v) is 23.6. The largest absolute Gasteiger partial charge is 0.507 e. The molecule has 5 heterocycles. The Hall–Kier alpha value is -3.96. The minimum Gasteiger partial charge on any atom is -0.507 e. The first-order chi connectivity index (χ1) is 20.1. The van der Waals surface area contributed by atoms with Gasteiger partial charge >= 0.3 is 0 Å². The minimum atomic E-state index is 0.121. The molecule has 5 aliphatic rings. The van der Waals surface area contributed by atoms with E-state index < -0.39 is 0 Å². The van der Waals surface area contributed by atoms with Crippen LogP contribution in [0.15, 0.2) is 78.9 Å². The van der Waals surface area contributed by atoms with Crippen molar-refractivity contribution < 1.29 is 19.7 Å². The van der Waals surface area contributed by atoms with Crippen LogP contribution >= 0.6 is 0 Å². The molecule has 41 heavy (non-hydrogen) atoms. The van der Waals surface area contributed by atoms with Gasteiger partial charge in [0.2, 0.25) is 0 Å². The van der Waals surface area contributed by atoms with Gasteiger partial charge in [0, 0.05) is 17.7 Å². The van der Waals surface area contributed by atoms with Crippen LogP contribution in [0, 0.1) is 0 Å². The van der Waals surface area contributed by atoms with E-state index in [4.69, 9.17) is 9.47 Å². The van der Waals surface area contributed by atoms with Crippen LogP contribution < -0.4 is 9.47 Å². The Bertz CT molecular complexity index is 1470. The number of aromatic hydroxyl groups is 2. The Labute approximate surface area is 243 Å². The normalized spacial score (nSPS) is 15.8. The molecule has 0 aromatic heterocycles. The molecule has 0 amide bonds. The summed E-state index contributed by atoms with van der Waals surface area (Å²) in [6.45, 7) is 3.84. The number of rotatable bonds is 4. The average Bonchev–Trinajstić information content (AvgIpc) is 3.26. The van der Waals surface area contributed by atoms with E-state index >= 15 is 0 Å². The average molecular weight is 550 g/mol. The lowest BCUT2D eigenvalue weighted by Gasteiger charge is -2.22. The second kappa shape index (κ2) is 12.7. The lowest BCUT2D eigenvalue weighted by atomic mass is 9.92. The summed E-state index contributed by atoms with van der Waals surface area (Å²) in [5.41, 5.74) is 6.25. The van der Waals surface area contributed by atoms with Gasteiger partial charge in [-0.25, -0.2) is 0 Å². The molecule has 2 N–H and O–H groups in total. The monoisotopic (exact) mass is 549 g/mol. The van der Waals surface area contributed by atoms with E-state index in [9.17, 15) is 10.2 Å². The molecule has 5 aliphatic heterocycles. The lowest BCUT2D eigenvalue weighted by molar-refractivity contribution is 0.214. The lowest BCUT2D eigenvalue weighted by Crippen LogP contribution is -2.29. The second-order valence-corrected chi connectivity index (χ2v) is 11.3. The fourth-order valence-electron chi connectivity index (χ4n) is 6.01. The van der Waals surface area contributed by atoms with E-state index in [1.807, 2.05) is 42.5 Å². The highest BCUT2D eigenvalue weighted by Gasteiger charge is 2.18. The van der Waals surface area contributed by atoms with Gasteiger partial charge in [-0.3, -0.25) is 4.90 Å². The van der Waals surface area contributed by atoms with Gasteiger partial charge in [0.15, 0.2) is 11.5 Å². The highest BCUT2D eigenvalue weighted by atomic mass is 16.5. The molecule has 4 aromatic carbocycles. The van der Waals surface area contributed by atoms with Crippen molar-refractivity contribution in [3.05, 3.63) is 101 Å². The van der Waals surface area contributed by atoms with E-state index in [2.05, 4.69) is 35.2 Å². The summed E-state index contributed by atoms with van der Waals surface area (Å²) in [5, 5.41) is 21.7. The van der Waals surface area contributed by atoms with Gasteiger partial charge in [0.05, 0.1) is 0 Å². The van der Waals surface area contributed by atoms with Crippen LogP contribution in [0.3, 0.4) is 0 Å². The summed E-state index contributed by atoms with van der Waals surface area (Å²) < 4.78 is 12.5. The fraction of sp³-hybridized carbons (Fsp3) is 0.333. The molecule has 5 heteroatoms. The summed E-state index contributed by atoms with van der Waals surface area (Å²) in [6.07, 6.45) is 8.34. The Balaban J connectivity index is 1.32. The van der Waals surface area contributed by atoms with Crippen LogP contribution in [-0.2, 0) is 25.7 Å². The minimum absolute atomic E-state index is 0.121. The predicted octanol–water partition coefficient (Wildman–Crippen LogP) is 7.70. The third kappa shape index (κ3) is 6.68. The summed E-state index contributed by atoms with van der Waals surface area (Å²) in [5.74, 6) is 2.37. The highest BCUT2D eigenvalue weighted by molar-refractivity contribution is 5.79. The number of benzene rings is 4. The molecule has 0 saturated carbocycles. The molecule has 0 spiro atoms. The van der Waals surface area contributed by atoms with Gasteiger partial charge in [-0.05, 0) is 110 Å².